The summed E-state index contributed by atoms with van der Waals surface area (Å²) in [6.45, 7) is 3.43. The van der Waals surface area contributed by atoms with E-state index in [9.17, 15) is 19.3 Å². The number of hydrogen-bond donors (Lipinski definition) is 1. The standard InChI is InChI=1S/C25H22FN5O4S/c1-16(35-22-14-7-6-13-21(22)26)23-28-29-25(30(23)19-10-4-3-5-11-19)36-17(2)24(32)27-18-9-8-12-20(15-18)31(33)34/h3-17H,1-2H3,(H,27,32). The summed E-state index contributed by atoms with van der Waals surface area (Å²) in [5.74, 6) is -0.332. The lowest BCUT2D eigenvalue weighted by Gasteiger charge is -2.18. The van der Waals surface area contributed by atoms with Crippen molar-refractivity contribution in [2.75, 3.05) is 5.32 Å². The monoisotopic (exact) mass is 507 g/mol. The van der Waals surface area contributed by atoms with E-state index in [4.69, 9.17) is 4.74 Å². The fraction of sp³-hybridized carbons (Fsp3) is 0.160. The van der Waals surface area contributed by atoms with Gasteiger partial charge in [0.25, 0.3) is 5.69 Å². The van der Waals surface area contributed by atoms with Crippen molar-refractivity contribution in [3.63, 3.8) is 0 Å². The van der Waals surface area contributed by atoms with Crippen molar-refractivity contribution in [2.24, 2.45) is 0 Å². The zero-order chi connectivity index (χ0) is 25.7. The summed E-state index contributed by atoms with van der Waals surface area (Å²) in [5.41, 5.74) is 0.944. The summed E-state index contributed by atoms with van der Waals surface area (Å²) in [6.07, 6.45) is -0.655. The van der Waals surface area contributed by atoms with Crippen molar-refractivity contribution in [3.8, 4) is 11.4 Å². The van der Waals surface area contributed by atoms with Crippen LogP contribution < -0.4 is 10.1 Å². The first-order valence-corrected chi connectivity index (χ1v) is 11.9. The number of hydrogen-bond acceptors (Lipinski definition) is 7. The highest BCUT2D eigenvalue weighted by Crippen LogP contribution is 2.31. The minimum Gasteiger partial charge on any atom is -0.480 e. The van der Waals surface area contributed by atoms with Gasteiger partial charge >= 0.3 is 0 Å². The van der Waals surface area contributed by atoms with Crippen LogP contribution in [-0.2, 0) is 4.79 Å². The van der Waals surface area contributed by atoms with Gasteiger partial charge in [0.1, 0.15) is 0 Å². The molecule has 4 rings (SSSR count). The molecular formula is C25H22FN5O4S. The fourth-order valence-electron chi connectivity index (χ4n) is 3.38. The Morgan fingerprint density at radius 3 is 2.50 bits per heavy atom. The summed E-state index contributed by atoms with van der Waals surface area (Å²) in [5, 5.41) is 22.1. The maximum atomic E-state index is 14.1. The molecule has 0 spiro atoms. The summed E-state index contributed by atoms with van der Waals surface area (Å²) in [4.78, 5) is 23.3. The lowest BCUT2D eigenvalue weighted by molar-refractivity contribution is -0.384. The SMILES string of the molecule is CC(Sc1nnc(C(C)Oc2ccccc2F)n1-c1ccccc1)C(=O)Nc1cccc([N+](=O)[O-])c1. The molecule has 1 amide bonds. The third-order valence-electron chi connectivity index (χ3n) is 5.15. The molecule has 184 valence electrons. The van der Waals surface area contributed by atoms with E-state index in [1.54, 1.807) is 36.6 Å². The summed E-state index contributed by atoms with van der Waals surface area (Å²) < 4.78 is 21.7. The van der Waals surface area contributed by atoms with Gasteiger partial charge in [0.15, 0.2) is 28.7 Å². The van der Waals surface area contributed by atoms with Crippen LogP contribution >= 0.6 is 11.8 Å². The van der Waals surface area contributed by atoms with Crippen LogP contribution in [0.4, 0.5) is 15.8 Å². The molecule has 0 aliphatic heterocycles. The zero-order valence-electron chi connectivity index (χ0n) is 19.4. The van der Waals surface area contributed by atoms with Crippen molar-refractivity contribution < 1.29 is 18.8 Å². The Hall–Kier alpha value is -4.25. The summed E-state index contributed by atoms with van der Waals surface area (Å²) in [6, 6.07) is 21.1. The Kier molecular flexibility index (Phi) is 7.59. The van der Waals surface area contributed by atoms with E-state index >= 15 is 0 Å². The van der Waals surface area contributed by atoms with Gasteiger partial charge in [-0.2, -0.15) is 0 Å². The lowest BCUT2D eigenvalue weighted by Crippen LogP contribution is -2.23. The van der Waals surface area contributed by atoms with Crippen LogP contribution in [0, 0.1) is 15.9 Å². The summed E-state index contributed by atoms with van der Waals surface area (Å²) in [7, 11) is 0. The topological polar surface area (TPSA) is 112 Å². The Labute approximate surface area is 210 Å². The second-order valence-corrected chi connectivity index (χ2v) is 9.07. The van der Waals surface area contributed by atoms with Gasteiger partial charge in [-0.15, -0.1) is 10.2 Å². The number of halogens is 1. The number of para-hydroxylation sites is 2. The fourth-order valence-corrected chi connectivity index (χ4v) is 4.25. The van der Waals surface area contributed by atoms with Crippen LogP contribution in [0.25, 0.3) is 5.69 Å². The molecule has 0 aliphatic rings. The van der Waals surface area contributed by atoms with Crippen LogP contribution in [-0.4, -0.2) is 30.8 Å². The van der Waals surface area contributed by atoms with E-state index in [0.717, 1.165) is 17.4 Å². The van der Waals surface area contributed by atoms with Crippen LogP contribution in [0.2, 0.25) is 0 Å². The first-order valence-electron chi connectivity index (χ1n) is 11.0. The number of ether oxygens (including phenoxy) is 1. The van der Waals surface area contributed by atoms with Crippen molar-refractivity contribution in [3.05, 3.63) is 101 Å². The van der Waals surface area contributed by atoms with Crippen molar-refractivity contribution >= 4 is 29.0 Å². The average Bonchev–Trinajstić information content (AvgIpc) is 3.29. The molecule has 2 unspecified atom stereocenters. The Bertz CT molecular complexity index is 1380. The number of rotatable bonds is 9. The largest absolute Gasteiger partial charge is 0.480 e. The van der Waals surface area contributed by atoms with Crippen molar-refractivity contribution in [1.29, 1.82) is 0 Å². The average molecular weight is 508 g/mol. The van der Waals surface area contributed by atoms with E-state index in [1.165, 1.54) is 30.3 Å². The number of aromatic nitrogens is 3. The highest BCUT2D eigenvalue weighted by atomic mass is 32.2. The molecular weight excluding hydrogens is 485 g/mol. The number of benzene rings is 3. The van der Waals surface area contributed by atoms with Gasteiger partial charge in [-0.1, -0.05) is 48.2 Å². The van der Waals surface area contributed by atoms with Crippen LogP contribution in [0.15, 0.2) is 84.0 Å². The number of amides is 1. The van der Waals surface area contributed by atoms with Gasteiger partial charge in [0, 0.05) is 23.5 Å². The number of nitro groups is 1. The molecule has 0 aliphatic carbocycles. The van der Waals surface area contributed by atoms with Gasteiger partial charge in [-0.05, 0) is 44.2 Å². The number of nitrogens with one attached hydrogen (secondary N) is 1. The van der Waals surface area contributed by atoms with Gasteiger partial charge in [0.2, 0.25) is 5.91 Å². The number of anilines is 1. The number of nitro benzene ring substituents is 1. The van der Waals surface area contributed by atoms with Gasteiger partial charge < -0.3 is 10.1 Å². The minimum absolute atomic E-state index is 0.0894. The molecule has 2 atom stereocenters. The Balaban J connectivity index is 1.58. The van der Waals surface area contributed by atoms with Crippen LogP contribution in [0.1, 0.15) is 25.8 Å². The van der Waals surface area contributed by atoms with Gasteiger partial charge in [-0.3, -0.25) is 19.5 Å². The second-order valence-electron chi connectivity index (χ2n) is 7.76. The molecule has 9 nitrogen and oxygen atoms in total. The molecule has 4 aromatic rings. The zero-order valence-corrected chi connectivity index (χ0v) is 20.2. The molecule has 3 aromatic carbocycles. The molecule has 1 aromatic heterocycles. The molecule has 36 heavy (non-hydrogen) atoms. The number of non-ortho nitro benzene ring substituents is 1. The quantitative estimate of drug-likeness (QED) is 0.179. The third-order valence-corrected chi connectivity index (χ3v) is 6.20. The number of carbonyl (C=O) groups is 1. The van der Waals surface area contributed by atoms with E-state index in [-0.39, 0.29) is 17.3 Å². The molecule has 0 radical (unpaired) electrons. The highest BCUT2D eigenvalue weighted by molar-refractivity contribution is 8.00. The highest BCUT2D eigenvalue weighted by Gasteiger charge is 2.25. The van der Waals surface area contributed by atoms with Crippen molar-refractivity contribution in [2.45, 2.75) is 30.4 Å². The lowest BCUT2D eigenvalue weighted by atomic mass is 10.2. The molecule has 11 heteroatoms. The number of carbonyl (C=O) groups excluding carboxylic acids is 1. The smallest absolute Gasteiger partial charge is 0.271 e. The molecule has 0 fully saturated rings. The molecule has 0 saturated heterocycles. The Morgan fingerprint density at radius 2 is 1.78 bits per heavy atom. The maximum Gasteiger partial charge on any atom is 0.271 e. The molecule has 1 heterocycles. The normalized spacial score (nSPS) is 12.5. The van der Waals surface area contributed by atoms with Gasteiger partial charge in [-0.25, -0.2) is 4.39 Å². The van der Waals surface area contributed by atoms with E-state index in [2.05, 4.69) is 15.5 Å². The predicted molar refractivity (Wildman–Crippen MR) is 134 cm³/mol. The van der Waals surface area contributed by atoms with E-state index < -0.39 is 22.1 Å². The van der Waals surface area contributed by atoms with Crippen LogP contribution in [0.3, 0.4) is 0 Å². The molecule has 0 saturated carbocycles. The second kappa shape index (κ2) is 11.0. The molecule has 0 bridgehead atoms. The number of thioether (sulfide) groups is 1. The number of nitrogens with zero attached hydrogens (tertiary/aromatic N) is 4. The Morgan fingerprint density at radius 1 is 1.06 bits per heavy atom. The maximum absolute atomic E-state index is 14.1. The predicted octanol–water partition coefficient (Wildman–Crippen LogP) is 5.57. The molecule has 1 N–H and O–H groups in total. The van der Waals surface area contributed by atoms with Crippen LogP contribution in [0.5, 0.6) is 5.75 Å². The minimum atomic E-state index is -0.655. The first kappa shape index (κ1) is 24.9. The van der Waals surface area contributed by atoms with E-state index in [1.807, 2.05) is 30.3 Å². The van der Waals surface area contributed by atoms with Crippen molar-refractivity contribution in [1.82, 2.24) is 14.8 Å². The van der Waals surface area contributed by atoms with Gasteiger partial charge in [0.05, 0.1) is 10.2 Å². The first-order chi connectivity index (χ1) is 17.3. The van der Waals surface area contributed by atoms with E-state index in [0.29, 0.717) is 16.7 Å². The summed E-state index contributed by atoms with van der Waals surface area (Å²) >= 11 is 1.16. The third kappa shape index (κ3) is 5.69.